The molecule has 2 heterocycles. The third-order valence-corrected chi connectivity index (χ3v) is 5.11. The van der Waals surface area contributed by atoms with E-state index in [2.05, 4.69) is 17.4 Å². The Morgan fingerprint density at radius 3 is 3.05 bits per heavy atom. The van der Waals surface area contributed by atoms with E-state index in [-0.39, 0.29) is 5.54 Å². The average Bonchev–Trinajstić information content (AvgIpc) is 2.96. The monoisotopic (exact) mass is 276 g/mol. The summed E-state index contributed by atoms with van der Waals surface area (Å²) in [6, 6.07) is 1.99. The molecular weight excluding hydrogens is 256 g/mol. The number of aromatic nitrogens is 3. The van der Waals surface area contributed by atoms with Crippen LogP contribution in [0.25, 0.3) is 11.4 Å². The summed E-state index contributed by atoms with van der Waals surface area (Å²) in [5, 5.41) is 7.37. The number of nitrogens with zero attached hydrogens (tertiary/aromatic N) is 3. The lowest BCUT2D eigenvalue weighted by Gasteiger charge is -2.35. The first-order valence-corrected chi connectivity index (χ1v) is 7.70. The third kappa shape index (κ3) is 2.32. The normalized spacial score (nSPS) is 27.6. The minimum atomic E-state index is -0.223. The van der Waals surface area contributed by atoms with Gasteiger partial charge < -0.3 is 5.73 Å². The van der Waals surface area contributed by atoms with Crippen LogP contribution in [0.4, 0.5) is 0 Å². The van der Waals surface area contributed by atoms with Gasteiger partial charge in [-0.1, -0.05) is 19.8 Å². The number of aryl methyl sites for hydroxylation is 1. The zero-order chi connectivity index (χ0) is 13.5. The molecule has 0 spiro atoms. The van der Waals surface area contributed by atoms with E-state index in [9.17, 15) is 0 Å². The largest absolute Gasteiger partial charge is 0.319 e. The first kappa shape index (κ1) is 12.8. The first-order chi connectivity index (χ1) is 9.08. The molecule has 19 heavy (non-hydrogen) atoms. The summed E-state index contributed by atoms with van der Waals surface area (Å²) in [4.78, 5) is 4.78. The van der Waals surface area contributed by atoms with Gasteiger partial charge in [-0.3, -0.25) is 4.68 Å². The molecule has 1 aliphatic carbocycles. The minimum absolute atomic E-state index is 0.223. The highest BCUT2D eigenvalue weighted by molar-refractivity contribution is 7.10. The Bertz CT molecular complexity index is 574. The average molecular weight is 276 g/mol. The van der Waals surface area contributed by atoms with Crippen molar-refractivity contribution in [3.63, 3.8) is 0 Å². The first-order valence-electron chi connectivity index (χ1n) is 6.82. The fourth-order valence-corrected chi connectivity index (χ4v) is 4.00. The second kappa shape index (κ2) is 4.72. The second-order valence-electron chi connectivity index (χ2n) is 5.74. The van der Waals surface area contributed by atoms with Crippen LogP contribution in [-0.4, -0.2) is 14.8 Å². The molecule has 0 aliphatic heterocycles. The maximum absolute atomic E-state index is 6.60. The lowest BCUT2D eigenvalue weighted by Crippen LogP contribution is -2.40. The molecule has 0 amide bonds. The molecule has 0 radical (unpaired) electrons. The Labute approximate surface area is 117 Å². The molecule has 2 N–H and O–H groups in total. The van der Waals surface area contributed by atoms with E-state index in [1.165, 1.54) is 12.8 Å². The number of rotatable bonds is 2. The molecule has 2 aromatic rings. The second-order valence-corrected chi connectivity index (χ2v) is 6.59. The van der Waals surface area contributed by atoms with Gasteiger partial charge in [0.15, 0.2) is 0 Å². The Morgan fingerprint density at radius 2 is 2.37 bits per heavy atom. The van der Waals surface area contributed by atoms with Crippen LogP contribution in [0.1, 0.15) is 37.6 Å². The molecule has 5 heteroatoms. The van der Waals surface area contributed by atoms with Crippen LogP contribution in [0.15, 0.2) is 17.6 Å². The van der Waals surface area contributed by atoms with Gasteiger partial charge in [-0.2, -0.15) is 5.10 Å². The summed E-state index contributed by atoms with van der Waals surface area (Å²) in [6.07, 6.45) is 6.40. The number of thiazole rings is 1. The molecule has 1 aliphatic rings. The molecule has 0 bridgehead atoms. The van der Waals surface area contributed by atoms with Crippen molar-refractivity contribution in [2.75, 3.05) is 0 Å². The summed E-state index contributed by atoms with van der Waals surface area (Å²) < 4.78 is 1.85. The van der Waals surface area contributed by atoms with Crippen molar-refractivity contribution < 1.29 is 0 Å². The molecule has 2 atom stereocenters. The van der Waals surface area contributed by atoms with Gasteiger partial charge in [0.1, 0.15) is 5.01 Å². The van der Waals surface area contributed by atoms with Gasteiger partial charge in [0.2, 0.25) is 0 Å². The van der Waals surface area contributed by atoms with Gasteiger partial charge in [-0.25, -0.2) is 4.98 Å². The highest BCUT2D eigenvalue weighted by atomic mass is 32.1. The zero-order valence-electron chi connectivity index (χ0n) is 11.5. The molecule has 1 saturated carbocycles. The van der Waals surface area contributed by atoms with Crippen LogP contribution in [0, 0.1) is 5.92 Å². The molecule has 102 valence electrons. The lowest BCUT2D eigenvalue weighted by atomic mass is 9.77. The van der Waals surface area contributed by atoms with Crippen molar-refractivity contribution in [3.8, 4) is 11.4 Å². The number of nitrogens with two attached hydrogens (primary N) is 1. The van der Waals surface area contributed by atoms with Crippen molar-refractivity contribution >= 4 is 11.3 Å². The van der Waals surface area contributed by atoms with Crippen molar-refractivity contribution in [2.24, 2.45) is 18.7 Å². The van der Waals surface area contributed by atoms with Crippen LogP contribution in [0.2, 0.25) is 0 Å². The van der Waals surface area contributed by atoms with Gasteiger partial charge >= 0.3 is 0 Å². The molecular formula is C14H20N4S. The van der Waals surface area contributed by atoms with E-state index in [0.717, 1.165) is 29.2 Å². The Kier molecular flexibility index (Phi) is 3.19. The minimum Gasteiger partial charge on any atom is -0.319 e. The van der Waals surface area contributed by atoms with E-state index in [1.54, 1.807) is 17.5 Å². The summed E-state index contributed by atoms with van der Waals surface area (Å²) in [5.41, 5.74) is 8.42. The SMILES string of the molecule is CC1CCCC(N)(c2nc(-c3ccnn3C)cs2)C1. The highest BCUT2D eigenvalue weighted by Crippen LogP contribution is 2.39. The standard InChI is InChI=1S/C14H20N4S/c1-10-4-3-6-14(15,8-10)13-17-11(9-19-13)12-5-7-16-18(12)2/h5,7,9-10H,3-4,6,8,15H2,1-2H3. The van der Waals surface area contributed by atoms with E-state index in [4.69, 9.17) is 10.7 Å². The summed E-state index contributed by atoms with van der Waals surface area (Å²) >= 11 is 1.69. The van der Waals surface area contributed by atoms with Crippen LogP contribution in [-0.2, 0) is 12.6 Å². The maximum Gasteiger partial charge on any atom is 0.113 e. The number of hydrogen-bond acceptors (Lipinski definition) is 4. The number of hydrogen-bond donors (Lipinski definition) is 1. The lowest BCUT2D eigenvalue weighted by molar-refractivity contribution is 0.238. The summed E-state index contributed by atoms with van der Waals surface area (Å²) in [6.45, 7) is 2.29. The highest BCUT2D eigenvalue weighted by Gasteiger charge is 2.35. The maximum atomic E-state index is 6.60. The van der Waals surface area contributed by atoms with Gasteiger partial charge in [-0.15, -0.1) is 11.3 Å². The third-order valence-electron chi connectivity index (χ3n) is 4.05. The van der Waals surface area contributed by atoms with Crippen molar-refractivity contribution in [1.29, 1.82) is 0 Å². The molecule has 4 nitrogen and oxygen atoms in total. The van der Waals surface area contributed by atoms with Gasteiger partial charge in [0.25, 0.3) is 0 Å². The van der Waals surface area contributed by atoms with Crippen molar-refractivity contribution in [2.45, 2.75) is 38.1 Å². The molecule has 0 saturated heterocycles. The van der Waals surface area contributed by atoms with E-state index in [1.807, 2.05) is 17.8 Å². The van der Waals surface area contributed by atoms with Crippen LogP contribution >= 0.6 is 11.3 Å². The van der Waals surface area contributed by atoms with Crippen LogP contribution in [0.5, 0.6) is 0 Å². The topological polar surface area (TPSA) is 56.7 Å². The predicted molar refractivity (Wildman–Crippen MR) is 77.8 cm³/mol. The van der Waals surface area contributed by atoms with Crippen molar-refractivity contribution in [3.05, 3.63) is 22.7 Å². The zero-order valence-corrected chi connectivity index (χ0v) is 12.3. The van der Waals surface area contributed by atoms with Gasteiger partial charge in [0.05, 0.1) is 16.9 Å². The molecule has 2 unspecified atom stereocenters. The predicted octanol–water partition coefficient (Wildman–Crippen LogP) is 2.91. The smallest absolute Gasteiger partial charge is 0.113 e. The van der Waals surface area contributed by atoms with Crippen LogP contribution in [0.3, 0.4) is 0 Å². The Morgan fingerprint density at radius 1 is 1.53 bits per heavy atom. The fraction of sp³-hybridized carbons (Fsp3) is 0.571. The molecule has 1 fully saturated rings. The fourth-order valence-electron chi connectivity index (χ4n) is 3.03. The Hall–Kier alpha value is -1.20. The van der Waals surface area contributed by atoms with E-state index in [0.29, 0.717) is 5.92 Å². The molecule has 0 aromatic carbocycles. The molecule has 2 aromatic heterocycles. The summed E-state index contributed by atoms with van der Waals surface area (Å²) in [7, 11) is 1.94. The Balaban J connectivity index is 1.91. The molecule has 3 rings (SSSR count). The van der Waals surface area contributed by atoms with Crippen LogP contribution < -0.4 is 5.73 Å². The van der Waals surface area contributed by atoms with Crippen molar-refractivity contribution in [1.82, 2.24) is 14.8 Å². The summed E-state index contributed by atoms with van der Waals surface area (Å²) in [5.74, 6) is 0.697. The quantitative estimate of drug-likeness (QED) is 0.917. The van der Waals surface area contributed by atoms with Gasteiger partial charge in [0, 0.05) is 18.6 Å². The van der Waals surface area contributed by atoms with E-state index < -0.39 is 0 Å². The van der Waals surface area contributed by atoms with E-state index >= 15 is 0 Å². The van der Waals surface area contributed by atoms with Gasteiger partial charge in [-0.05, 0) is 24.8 Å².